The molecule has 1 aliphatic heterocycles. The van der Waals surface area contributed by atoms with Crippen LogP contribution in [0.15, 0.2) is 24.3 Å². The highest BCUT2D eigenvalue weighted by molar-refractivity contribution is 5.94. The third-order valence-electron chi connectivity index (χ3n) is 3.59. The number of carboxylic acid groups (broad SMARTS) is 1. The van der Waals surface area contributed by atoms with E-state index in [0.717, 1.165) is 0 Å². The highest BCUT2D eigenvalue weighted by Gasteiger charge is 2.33. The summed E-state index contributed by atoms with van der Waals surface area (Å²) in [6.07, 6.45) is 1.17. The molecule has 2 N–H and O–H groups in total. The Bertz CT molecular complexity index is 573. The summed E-state index contributed by atoms with van der Waals surface area (Å²) in [4.78, 5) is 36.1. The number of carboxylic acids is 1. The summed E-state index contributed by atoms with van der Waals surface area (Å²) in [5, 5.41) is 11.6. The molecule has 0 aromatic heterocycles. The van der Waals surface area contributed by atoms with Gasteiger partial charge in [-0.1, -0.05) is 0 Å². The van der Waals surface area contributed by atoms with Gasteiger partial charge in [0.2, 0.25) is 5.91 Å². The maximum Gasteiger partial charge on any atom is 0.326 e. The topological polar surface area (TPSA) is 86.7 Å². The molecular formula is C15H17FN2O4. The summed E-state index contributed by atoms with van der Waals surface area (Å²) in [5.74, 6) is -2.12. The lowest BCUT2D eigenvalue weighted by molar-refractivity contribution is -0.148. The van der Waals surface area contributed by atoms with Crippen molar-refractivity contribution >= 4 is 17.8 Å². The maximum absolute atomic E-state index is 12.8. The first-order chi connectivity index (χ1) is 10.5. The van der Waals surface area contributed by atoms with Gasteiger partial charge in [0.25, 0.3) is 5.91 Å². The summed E-state index contributed by atoms with van der Waals surface area (Å²) in [6, 6.07) is 4.31. The molecule has 1 aromatic carbocycles. The molecule has 0 saturated carbocycles. The van der Waals surface area contributed by atoms with Crippen LogP contribution in [0.4, 0.5) is 4.39 Å². The number of benzene rings is 1. The first kappa shape index (κ1) is 15.9. The van der Waals surface area contributed by atoms with Gasteiger partial charge in [-0.2, -0.15) is 0 Å². The van der Waals surface area contributed by atoms with Crippen LogP contribution in [0.25, 0.3) is 0 Å². The van der Waals surface area contributed by atoms with Crippen LogP contribution < -0.4 is 5.32 Å². The fraction of sp³-hybridized carbons (Fsp3) is 0.400. The second-order valence-corrected chi connectivity index (χ2v) is 5.10. The monoisotopic (exact) mass is 308 g/mol. The van der Waals surface area contributed by atoms with Gasteiger partial charge in [0.15, 0.2) is 0 Å². The highest BCUT2D eigenvalue weighted by atomic mass is 19.1. The Hall–Kier alpha value is -2.44. The Balaban J connectivity index is 1.80. The Kier molecular flexibility index (Phi) is 5.08. The van der Waals surface area contributed by atoms with Crippen molar-refractivity contribution in [2.24, 2.45) is 0 Å². The summed E-state index contributed by atoms with van der Waals surface area (Å²) in [5.41, 5.74) is 0.304. The Morgan fingerprint density at radius 1 is 1.27 bits per heavy atom. The lowest BCUT2D eigenvalue weighted by atomic mass is 10.2. The predicted octanol–water partition coefficient (Wildman–Crippen LogP) is 1.02. The molecule has 0 unspecified atom stereocenters. The number of carbonyl (C=O) groups is 3. The van der Waals surface area contributed by atoms with Crippen molar-refractivity contribution in [2.75, 3.05) is 13.1 Å². The van der Waals surface area contributed by atoms with E-state index in [0.29, 0.717) is 24.9 Å². The van der Waals surface area contributed by atoms with Gasteiger partial charge >= 0.3 is 5.97 Å². The number of aliphatic carboxylic acids is 1. The van der Waals surface area contributed by atoms with E-state index in [9.17, 15) is 18.8 Å². The van der Waals surface area contributed by atoms with E-state index < -0.39 is 23.7 Å². The molecule has 22 heavy (non-hydrogen) atoms. The van der Waals surface area contributed by atoms with E-state index in [1.165, 1.54) is 29.2 Å². The fourth-order valence-electron chi connectivity index (χ4n) is 2.45. The summed E-state index contributed by atoms with van der Waals surface area (Å²) < 4.78 is 12.8. The van der Waals surface area contributed by atoms with Crippen molar-refractivity contribution in [1.82, 2.24) is 10.2 Å². The minimum Gasteiger partial charge on any atom is -0.480 e. The fourth-order valence-corrected chi connectivity index (χ4v) is 2.45. The second-order valence-electron chi connectivity index (χ2n) is 5.10. The van der Waals surface area contributed by atoms with Crippen LogP contribution in [0, 0.1) is 5.82 Å². The van der Waals surface area contributed by atoms with E-state index in [1.807, 2.05) is 0 Å². The summed E-state index contributed by atoms with van der Waals surface area (Å²) in [7, 11) is 0. The zero-order valence-corrected chi connectivity index (χ0v) is 11.9. The van der Waals surface area contributed by atoms with Crippen molar-refractivity contribution in [2.45, 2.75) is 25.3 Å². The highest BCUT2D eigenvalue weighted by Crippen LogP contribution is 2.18. The van der Waals surface area contributed by atoms with Crippen LogP contribution in [-0.4, -0.2) is 46.9 Å². The van der Waals surface area contributed by atoms with E-state index in [1.54, 1.807) is 0 Å². The zero-order valence-electron chi connectivity index (χ0n) is 11.9. The van der Waals surface area contributed by atoms with Crippen LogP contribution in [0.2, 0.25) is 0 Å². The summed E-state index contributed by atoms with van der Waals surface area (Å²) >= 11 is 0. The second kappa shape index (κ2) is 7.02. The number of carbonyl (C=O) groups excluding carboxylic acids is 2. The molecule has 1 aromatic rings. The molecule has 6 nitrogen and oxygen atoms in total. The molecule has 2 amide bonds. The molecule has 0 bridgehead atoms. The van der Waals surface area contributed by atoms with Gasteiger partial charge in [-0.25, -0.2) is 9.18 Å². The molecular weight excluding hydrogens is 291 g/mol. The first-order valence-corrected chi connectivity index (χ1v) is 7.05. The zero-order chi connectivity index (χ0) is 16.1. The molecule has 1 aliphatic rings. The number of hydrogen-bond donors (Lipinski definition) is 2. The maximum atomic E-state index is 12.8. The third kappa shape index (κ3) is 3.81. The molecule has 1 fully saturated rings. The van der Waals surface area contributed by atoms with Gasteiger partial charge in [-0.3, -0.25) is 9.59 Å². The van der Waals surface area contributed by atoms with E-state index in [4.69, 9.17) is 5.11 Å². The van der Waals surface area contributed by atoms with Crippen LogP contribution in [0.1, 0.15) is 29.6 Å². The van der Waals surface area contributed by atoms with Gasteiger partial charge in [-0.15, -0.1) is 0 Å². The first-order valence-electron chi connectivity index (χ1n) is 7.05. The largest absolute Gasteiger partial charge is 0.480 e. The number of hydrogen-bond acceptors (Lipinski definition) is 3. The molecule has 7 heteroatoms. The van der Waals surface area contributed by atoms with E-state index in [2.05, 4.69) is 5.32 Å². The van der Waals surface area contributed by atoms with Gasteiger partial charge in [0.05, 0.1) is 0 Å². The van der Waals surface area contributed by atoms with E-state index in [-0.39, 0.29) is 18.9 Å². The van der Waals surface area contributed by atoms with Crippen molar-refractivity contribution < 1.29 is 23.9 Å². The van der Waals surface area contributed by atoms with Gasteiger partial charge < -0.3 is 15.3 Å². The van der Waals surface area contributed by atoms with E-state index >= 15 is 0 Å². The number of nitrogens with one attached hydrogen (secondary N) is 1. The van der Waals surface area contributed by atoms with Crippen molar-refractivity contribution in [3.63, 3.8) is 0 Å². The molecule has 0 spiro atoms. The summed E-state index contributed by atoms with van der Waals surface area (Å²) in [6.45, 7) is 0.541. The number of amides is 2. The minimum atomic E-state index is -0.999. The molecule has 2 rings (SSSR count). The molecule has 0 radical (unpaired) electrons. The normalized spacial score (nSPS) is 17.3. The molecule has 0 aliphatic carbocycles. The number of rotatable bonds is 5. The SMILES string of the molecule is O=C(NCCC(=O)N1CCC[C@H]1C(=O)O)c1ccc(F)cc1. The lowest BCUT2D eigenvalue weighted by Crippen LogP contribution is -2.41. The predicted molar refractivity (Wildman–Crippen MR) is 75.7 cm³/mol. The Labute approximate surface area is 126 Å². The van der Waals surface area contributed by atoms with Crippen molar-refractivity contribution in [3.8, 4) is 0 Å². The molecule has 1 saturated heterocycles. The Morgan fingerprint density at radius 3 is 2.59 bits per heavy atom. The van der Waals surface area contributed by atoms with Gasteiger partial charge in [-0.05, 0) is 37.1 Å². The average Bonchev–Trinajstić information content (AvgIpc) is 2.97. The van der Waals surface area contributed by atoms with Crippen LogP contribution in [0.5, 0.6) is 0 Å². The Morgan fingerprint density at radius 2 is 1.95 bits per heavy atom. The molecule has 1 atom stereocenters. The van der Waals surface area contributed by atoms with Crippen LogP contribution in [0.3, 0.4) is 0 Å². The quantitative estimate of drug-likeness (QED) is 0.850. The van der Waals surface area contributed by atoms with Crippen molar-refractivity contribution in [1.29, 1.82) is 0 Å². The smallest absolute Gasteiger partial charge is 0.326 e. The van der Waals surface area contributed by atoms with Crippen LogP contribution in [-0.2, 0) is 9.59 Å². The standard InChI is InChI=1S/C15H17FN2O4/c16-11-5-3-10(4-6-11)14(20)17-8-7-13(19)18-9-1-2-12(18)15(21)22/h3-6,12H,1-2,7-9H2,(H,17,20)(H,21,22)/t12-/m0/s1. The number of likely N-dealkylation sites (tertiary alicyclic amines) is 1. The van der Waals surface area contributed by atoms with Crippen LogP contribution >= 0.6 is 0 Å². The van der Waals surface area contributed by atoms with Gasteiger partial charge in [0.1, 0.15) is 11.9 Å². The molecule has 118 valence electrons. The van der Waals surface area contributed by atoms with Crippen molar-refractivity contribution in [3.05, 3.63) is 35.6 Å². The molecule has 1 heterocycles. The number of nitrogens with zero attached hydrogens (tertiary/aromatic N) is 1. The lowest BCUT2D eigenvalue weighted by Gasteiger charge is -2.21. The number of halogens is 1. The third-order valence-corrected chi connectivity index (χ3v) is 3.59. The van der Waals surface area contributed by atoms with Gasteiger partial charge in [0, 0.05) is 25.1 Å². The average molecular weight is 308 g/mol. The minimum absolute atomic E-state index is 0.0384.